The van der Waals surface area contributed by atoms with Gasteiger partial charge in [-0.3, -0.25) is 0 Å². The summed E-state index contributed by atoms with van der Waals surface area (Å²) in [6.07, 6.45) is 4.16. The molecule has 0 bridgehead atoms. The number of carbonyl (C=O) groups is 1. The molecule has 2 aliphatic heterocycles. The lowest BCUT2D eigenvalue weighted by atomic mass is 9.60. The number of unbranched alkanes of at least 4 members (excludes halogenated alkanes) is 1. The molecule has 0 saturated carbocycles. The molecule has 2 saturated heterocycles. The third kappa shape index (κ3) is 6.04. The van der Waals surface area contributed by atoms with Crippen molar-refractivity contribution in [3.05, 3.63) is 35.9 Å². The van der Waals surface area contributed by atoms with E-state index in [9.17, 15) is 4.79 Å². The summed E-state index contributed by atoms with van der Waals surface area (Å²) in [6, 6.07) is 10.6. The van der Waals surface area contributed by atoms with Gasteiger partial charge in [-0.1, -0.05) is 43.2 Å². The van der Waals surface area contributed by atoms with Crippen LogP contribution in [0.25, 0.3) is 0 Å². The Hall–Kier alpha value is -1.53. The second-order valence-electron chi connectivity index (χ2n) is 11.2. The first-order valence-corrected chi connectivity index (χ1v) is 11.8. The molecule has 6 heteroatoms. The Morgan fingerprint density at radius 1 is 1.10 bits per heavy atom. The standard InChI is InChI=1S/C25H40BNO4/c1-23(2,3)29-22(28)27-17-20(18-27)21(26-30-24(4,5)25(6,7)31-26)16-12-11-15-19-13-9-8-10-14-19/h8-10,13-14,20-21H,11-12,15-18H2,1-7H3/t21-/m0/s1. The van der Waals surface area contributed by atoms with Gasteiger partial charge in [0.05, 0.1) is 11.2 Å². The van der Waals surface area contributed by atoms with E-state index in [0.29, 0.717) is 19.0 Å². The zero-order chi connectivity index (χ0) is 22.9. The van der Waals surface area contributed by atoms with Crippen molar-refractivity contribution in [3.8, 4) is 0 Å². The molecule has 0 aliphatic carbocycles. The molecule has 0 aromatic heterocycles. The molecule has 3 rings (SSSR count). The highest BCUT2D eigenvalue weighted by molar-refractivity contribution is 6.47. The number of carbonyl (C=O) groups excluding carboxylic acids is 1. The van der Waals surface area contributed by atoms with Gasteiger partial charge in [0.25, 0.3) is 0 Å². The maximum atomic E-state index is 12.4. The highest BCUT2D eigenvalue weighted by atomic mass is 16.7. The summed E-state index contributed by atoms with van der Waals surface area (Å²) in [5, 5.41) is 0. The first-order valence-electron chi connectivity index (χ1n) is 11.8. The summed E-state index contributed by atoms with van der Waals surface area (Å²) in [7, 11) is -0.229. The van der Waals surface area contributed by atoms with Gasteiger partial charge < -0.3 is 18.9 Å². The monoisotopic (exact) mass is 429 g/mol. The maximum absolute atomic E-state index is 12.4. The lowest BCUT2D eigenvalue weighted by Gasteiger charge is -2.44. The van der Waals surface area contributed by atoms with E-state index in [1.807, 2.05) is 20.8 Å². The number of ether oxygens (including phenoxy) is 1. The molecule has 172 valence electrons. The molecule has 0 radical (unpaired) electrons. The molecular formula is C25H40BNO4. The van der Waals surface area contributed by atoms with Crippen molar-refractivity contribution < 1.29 is 18.8 Å². The summed E-state index contributed by atoms with van der Waals surface area (Å²) < 4.78 is 18.4. The normalized spacial score (nSPS) is 21.6. The van der Waals surface area contributed by atoms with Crippen LogP contribution < -0.4 is 0 Å². The molecule has 1 atom stereocenters. The summed E-state index contributed by atoms with van der Waals surface area (Å²) in [5.74, 6) is 0.648. The van der Waals surface area contributed by atoms with Gasteiger partial charge in [-0.25, -0.2) is 4.79 Å². The summed E-state index contributed by atoms with van der Waals surface area (Å²) >= 11 is 0. The van der Waals surface area contributed by atoms with Crippen molar-refractivity contribution in [1.82, 2.24) is 4.90 Å². The van der Waals surface area contributed by atoms with Gasteiger partial charge in [-0.2, -0.15) is 0 Å². The highest BCUT2D eigenvalue weighted by Crippen LogP contribution is 2.45. The minimum absolute atomic E-state index is 0.222. The Kier molecular flexibility index (Phi) is 7.12. The van der Waals surface area contributed by atoms with Crippen LogP contribution in [0.1, 0.15) is 73.3 Å². The highest BCUT2D eigenvalue weighted by Gasteiger charge is 2.56. The molecule has 31 heavy (non-hydrogen) atoms. The number of aryl methyl sites for hydroxylation is 1. The summed E-state index contributed by atoms with van der Waals surface area (Å²) in [5.41, 5.74) is 0.239. The molecule has 1 aromatic carbocycles. The predicted molar refractivity (Wildman–Crippen MR) is 125 cm³/mol. The predicted octanol–water partition coefficient (Wildman–Crippen LogP) is 5.73. The quantitative estimate of drug-likeness (QED) is 0.410. The van der Waals surface area contributed by atoms with Crippen LogP contribution in [0.5, 0.6) is 0 Å². The van der Waals surface area contributed by atoms with Crippen LogP contribution in [-0.4, -0.2) is 48.0 Å². The first-order chi connectivity index (χ1) is 14.4. The first kappa shape index (κ1) is 24.1. The van der Waals surface area contributed by atoms with E-state index in [0.717, 1.165) is 25.7 Å². The fraction of sp³-hybridized carbons (Fsp3) is 0.720. The second kappa shape index (κ2) is 9.15. The van der Waals surface area contributed by atoms with E-state index in [1.165, 1.54) is 5.56 Å². The van der Waals surface area contributed by atoms with Crippen molar-refractivity contribution in [3.63, 3.8) is 0 Å². The molecule has 0 spiro atoms. The third-order valence-electron chi connectivity index (χ3n) is 6.88. The average Bonchev–Trinajstić information content (AvgIpc) is 2.82. The third-order valence-corrected chi connectivity index (χ3v) is 6.88. The Morgan fingerprint density at radius 2 is 1.68 bits per heavy atom. The lowest BCUT2D eigenvalue weighted by molar-refractivity contribution is -0.00414. The lowest BCUT2D eigenvalue weighted by Crippen LogP contribution is -2.55. The number of hydrogen-bond acceptors (Lipinski definition) is 4. The van der Waals surface area contributed by atoms with Crippen LogP contribution in [0.2, 0.25) is 5.82 Å². The Morgan fingerprint density at radius 3 is 2.23 bits per heavy atom. The van der Waals surface area contributed by atoms with Gasteiger partial charge in [-0.05, 0) is 72.8 Å². The SMILES string of the molecule is CC(C)(C)OC(=O)N1CC([C@H](CCCCc2ccccc2)B2OC(C)(C)C(C)(C)O2)C1. The van der Waals surface area contributed by atoms with E-state index < -0.39 is 5.60 Å². The van der Waals surface area contributed by atoms with Gasteiger partial charge >= 0.3 is 13.2 Å². The van der Waals surface area contributed by atoms with Crippen molar-refractivity contribution in [2.45, 2.75) is 96.8 Å². The fourth-order valence-corrected chi connectivity index (χ4v) is 4.27. The van der Waals surface area contributed by atoms with Crippen LogP contribution in [0.3, 0.4) is 0 Å². The molecule has 2 aliphatic rings. The van der Waals surface area contributed by atoms with Crippen LogP contribution in [0, 0.1) is 5.92 Å². The molecule has 0 unspecified atom stereocenters. The van der Waals surface area contributed by atoms with Gasteiger partial charge in [-0.15, -0.1) is 0 Å². The number of amides is 1. The fourth-order valence-electron chi connectivity index (χ4n) is 4.27. The van der Waals surface area contributed by atoms with Crippen molar-refractivity contribution in [1.29, 1.82) is 0 Å². The van der Waals surface area contributed by atoms with Gasteiger partial charge in [0, 0.05) is 18.9 Å². The molecule has 2 fully saturated rings. The number of nitrogens with zero attached hydrogens (tertiary/aromatic N) is 1. The van der Waals surface area contributed by atoms with E-state index >= 15 is 0 Å². The number of benzene rings is 1. The van der Waals surface area contributed by atoms with Crippen LogP contribution in [-0.2, 0) is 20.5 Å². The van der Waals surface area contributed by atoms with Gasteiger partial charge in [0.15, 0.2) is 0 Å². The zero-order valence-electron chi connectivity index (χ0n) is 20.4. The Bertz CT molecular complexity index is 722. The molecule has 1 aromatic rings. The zero-order valence-corrected chi connectivity index (χ0v) is 20.4. The minimum Gasteiger partial charge on any atom is -0.444 e. The van der Waals surface area contributed by atoms with E-state index in [-0.39, 0.29) is 30.2 Å². The van der Waals surface area contributed by atoms with Gasteiger partial charge in [0.2, 0.25) is 0 Å². The Balaban J connectivity index is 1.58. The summed E-state index contributed by atoms with van der Waals surface area (Å²) in [6.45, 7) is 15.6. The number of hydrogen-bond donors (Lipinski definition) is 0. The van der Waals surface area contributed by atoms with E-state index in [4.69, 9.17) is 14.0 Å². The van der Waals surface area contributed by atoms with Crippen LogP contribution in [0.4, 0.5) is 4.79 Å². The van der Waals surface area contributed by atoms with E-state index in [2.05, 4.69) is 58.0 Å². The average molecular weight is 429 g/mol. The van der Waals surface area contributed by atoms with Crippen LogP contribution >= 0.6 is 0 Å². The topological polar surface area (TPSA) is 48.0 Å². The van der Waals surface area contributed by atoms with Crippen LogP contribution in [0.15, 0.2) is 30.3 Å². The second-order valence-corrected chi connectivity index (χ2v) is 11.2. The van der Waals surface area contributed by atoms with Crippen molar-refractivity contribution in [2.24, 2.45) is 5.92 Å². The van der Waals surface area contributed by atoms with E-state index in [1.54, 1.807) is 4.90 Å². The molecule has 2 heterocycles. The molecular weight excluding hydrogens is 389 g/mol. The number of likely N-dealkylation sites (tertiary alicyclic amines) is 1. The summed E-state index contributed by atoms with van der Waals surface area (Å²) in [4.78, 5) is 14.2. The Labute approximate surface area is 189 Å². The van der Waals surface area contributed by atoms with Crippen molar-refractivity contribution in [2.75, 3.05) is 13.1 Å². The molecule has 1 amide bonds. The largest absolute Gasteiger partial charge is 0.461 e. The van der Waals surface area contributed by atoms with Gasteiger partial charge in [0.1, 0.15) is 5.60 Å². The minimum atomic E-state index is -0.468. The maximum Gasteiger partial charge on any atom is 0.461 e. The van der Waals surface area contributed by atoms with Crippen molar-refractivity contribution >= 4 is 13.2 Å². The molecule has 0 N–H and O–H groups in total. The molecule has 5 nitrogen and oxygen atoms in total. The number of rotatable bonds is 7. The smallest absolute Gasteiger partial charge is 0.444 e.